The van der Waals surface area contributed by atoms with Crippen LogP contribution in [0.4, 0.5) is 0 Å². The second kappa shape index (κ2) is 11.0. The Kier molecular flexibility index (Phi) is 8.06. The van der Waals surface area contributed by atoms with E-state index in [2.05, 4.69) is 25.9 Å². The van der Waals surface area contributed by atoms with Crippen molar-refractivity contribution < 1.29 is 19.4 Å². The topological polar surface area (TPSA) is 95.6 Å². The Morgan fingerprint density at radius 1 is 1.21 bits per heavy atom. The van der Waals surface area contributed by atoms with Crippen LogP contribution in [0.5, 0.6) is 5.75 Å². The Bertz CT molecular complexity index is 1150. The van der Waals surface area contributed by atoms with Gasteiger partial charge in [-0.25, -0.2) is 9.48 Å². The zero-order valence-electron chi connectivity index (χ0n) is 19.6. The second-order valence-corrected chi connectivity index (χ2v) is 8.54. The Morgan fingerprint density at radius 2 is 1.97 bits per heavy atom. The third kappa shape index (κ3) is 5.90. The molecule has 8 nitrogen and oxygen atoms in total. The molecule has 2 aromatic heterocycles. The molecule has 0 atom stereocenters. The van der Waals surface area contributed by atoms with Crippen LogP contribution >= 0.6 is 0 Å². The first-order chi connectivity index (χ1) is 15.8. The summed E-state index contributed by atoms with van der Waals surface area (Å²) in [4.78, 5) is 23.6. The second-order valence-electron chi connectivity index (χ2n) is 8.54. The lowest BCUT2D eigenvalue weighted by molar-refractivity contribution is 0.0694. The molecular formula is C25H31N3O5. The van der Waals surface area contributed by atoms with Crippen molar-refractivity contribution in [2.45, 2.75) is 40.2 Å². The van der Waals surface area contributed by atoms with Gasteiger partial charge in [-0.05, 0) is 36.1 Å². The SMILES string of the molecule is CC(C)C.COCCCOc1cc2c(cc1-n1cccn1)-c1cc(=O)c(C(=O)O)cn1CC2. The molecule has 0 fully saturated rings. The fraction of sp³-hybridized carbons (Fsp3) is 0.400. The van der Waals surface area contributed by atoms with E-state index in [1.807, 2.05) is 29.0 Å². The number of pyridine rings is 1. The van der Waals surface area contributed by atoms with E-state index in [-0.39, 0.29) is 5.56 Å². The maximum Gasteiger partial charge on any atom is 0.341 e. The summed E-state index contributed by atoms with van der Waals surface area (Å²) in [6, 6.07) is 7.15. The first-order valence-electron chi connectivity index (χ1n) is 11.1. The summed E-state index contributed by atoms with van der Waals surface area (Å²) in [5.41, 5.74) is 2.65. The number of benzene rings is 1. The average molecular weight is 454 g/mol. The van der Waals surface area contributed by atoms with Crippen LogP contribution in [0.1, 0.15) is 43.1 Å². The molecule has 1 N–H and O–H groups in total. The highest BCUT2D eigenvalue weighted by Crippen LogP contribution is 2.36. The molecule has 8 heteroatoms. The normalized spacial score (nSPS) is 11.9. The summed E-state index contributed by atoms with van der Waals surface area (Å²) < 4.78 is 14.6. The Balaban J connectivity index is 0.000000709. The molecule has 3 heterocycles. The predicted octanol–water partition coefficient (Wildman–Crippen LogP) is 4.03. The summed E-state index contributed by atoms with van der Waals surface area (Å²) in [6.45, 7) is 8.22. The minimum absolute atomic E-state index is 0.220. The van der Waals surface area contributed by atoms with E-state index in [9.17, 15) is 14.7 Å². The van der Waals surface area contributed by atoms with Crippen LogP contribution in [0.3, 0.4) is 0 Å². The number of fused-ring (bicyclic) bond motifs is 3. The number of methoxy groups -OCH3 is 1. The van der Waals surface area contributed by atoms with Gasteiger partial charge in [-0.15, -0.1) is 0 Å². The quantitative estimate of drug-likeness (QED) is 0.543. The van der Waals surface area contributed by atoms with E-state index in [1.165, 1.54) is 12.3 Å². The maximum atomic E-state index is 12.3. The molecule has 3 aromatic rings. The van der Waals surface area contributed by atoms with Crippen molar-refractivity contribution in [3.8, 4) is 22.7 Å². The molecule has 0 aliphatic carbocycles. The largest absolute Gasteiger partial charge is 0.491 e. The molecular weight excluding hydrogens is 422 g/mol. The molecule has 1 aliphatic rings. The number of carboxylic acid groups (broad SMARTS) is 1. The first-order valence-corrected chi connectivity index (χ1v) is 11.1. The van der Waals surface area contributed by atoms with Crippen LogP contribution in [-0.2, 0) is 17.7 Å². The molecule has 0 saturated carbocycles. The van der Waals surface area contributed by atoms with Gasteiger partial charge in [0.15, 0.2) is 5.43 Å². The Morgan fingerprint density at radius 3 is 2.61 bits per heavy atom. The van der Waals surface area contributed by atoms with Crippen molar-refractivity contribution in [2.24, 2.45) is 5.92 Å². The van der Waals surface area contributed by atoms with Gasteiger partial charge in [0.25, 0.3) is 0 Å². The van der Waals surface area contributed by atoms with E-state index < -0.39 is 11.4 Å². The molecule has 33 heavy (non-hydrogen) atoms. The lowest BCUT2D eigenvalue weighted by Gasteiger charge is -2.24. The standard InChI is InChI=1S/C21H21N3O5.C4H10/c1-28-8-3-9-29-20-10-14-4-7-23-13-16(21(26)27)19(25)12-17(23)15(14)11-18(20)24-6-2-5-22-24;1-4(2)3/h2,5-6,10-13H,3-4,7-9H2,1H3,(H,26,27);4H,1-3H3. The summed E-state index contributed by atoms with van der Waals surface area (Å²) in [5.74, 6) is 0.328. The minimum Gasteiger partial charge on any atom is -0.491 e. The number of hydrogen-bond donors (Lipinski definition) is 1. The van der Waals surface area contributed by atoms with Crippen molar-refractivity contribution in [3.63, 3.8) is 0 Å². The Hall–Kier alpha value is -3.39. The third-order valence-corrected chi connectivity index (χ3v) is 4.94. The zero-order valence-corrected chi connectivity index (χ0v) is 19.6. The van der Waals surface area contributed by atoms with Gasteiger partial charge < -0.3 is 19.1 Å². The summed E-state index contributed by atoms with van der Waals surface area (Å²) >= 11 is 0. The van der Waals surface area contributed by atoms with Gasteiger partial charge in [-0.1, -0.05) is 20.8 Å². The van der Waals surface area contributed by atoms with Crippen LogP contribution in [0, 0.1) is 5.92 Å². The van der Waals surface area contributed by atoms with Crippen molar-refractivity contribution in [1.82, 2.24) is 14.3 Å². The van der Waals surface area contributed by atoms with Crippen LogP contribution in [0.15, 0.2) is 47.7 Å². The highest BCUT2D eigenvalue weighted by atomic mass is 16.5. The molecule has 4 rings (SSSR count). The first kappa shape index (κ1) is 24.3. The molecule has 0 unspecified atom stereocenters. The van der Waals surface area contributed by atoms with Crippen LogP contribution in [0.2, 0.25) is 0 Å². The van der Waals surface area contributed by atoms with E-state index in [0.29, 0.717) is 37.6 Å². The number of rotatable bonds is 7. The lowest BCUT2D eigenvalue weighted by Crippen LogP contribution is -2.22. The van der Waals surface area contributed by atoms with Crippen LogP contribution in [0.25, 0.3) is 16.9 Å². The molecule has 0 amide bonds. The van der Waals surface area contributed by atoms with Crippen molar-refractivity contribution in [1.29, 1.82) is 0 Å². The lowest BCUT2D eigenvalue weighted by atomic mass is 9.95. The fourth-order valence-electron chi connectivity index (χ4n) is 3.54. The van der Waals surface area contributed by atoms with Gasteiger partial charge in [0.05, 0.1) is 12.3 Å². The van der Waals surface area contributed by atoms with Gasteiger partial charge >= 0.3 is 5.97 Å². The maximum absolute atomic E-state index is 12.3. The van der Waals surface area contributed by atoms with E-state index in [1.54, 1.807) is 18.0 Å². The minimum atomic E-state index is -1.21. The van der Waals surface area contributed by atoms with Gasteiger partial charge in [-0.2, -0.15) is 5.10 Å². The number of aromatic nitrogens is 3. The van der Waals surface area contributed by atoms with Crippen LogP contribution in [-0.4, -0.2) is 45.7 Å². The summed E-state index contributed by atoms with van der Waals surface area (Å²) in [6.07, 6.45) is 6.41. The number of carboxylic acids is 1. The van der Waals surface area contributed by atoms with Gasteiger partial charge in [0.1, 0.15) is 17.0 Å². The molecule has 176 valence electrons. The molecule has 0 saturated heterocycles. The fourth-order valence-corrected chi connectivity index (χ4v) is 3.54. The number of nitrogens with zero attached hydrogens (tertiary/aromatic N) is 3. The van der Waals surface area contributed by atoms with Crippen molar-refractivity contribution in [3.05, 3.63) is 64.2 Å². The van der Waals surface area contributed by atoms with E-state index in [0.717, 1.165) is 29.2 Å². The smallest absolute Gasteiger partial charge is 0.341 e. The van der Waals surface area contributed by atoms with Gasteiger partial charge in [-0.3, -0.25) is 4.79 Å². The molecule has 0 bridgehead atoms. The summed E-state index contributed by atoms with van der Waals surface area (Å²) in [5, 5.41) is 13.6. The number of ether oxygens (including phenoxy) is 2. The van der Waals surface area contributed by atoms with Crippen molar-refractivity contribution in [2.75, 3.05) is 20.3 Å². The molecule has 1 aromatic carbocycles. The number of aromatic carboxylic acids is 1. The average Bonchev–Trinajstić information content (AvgIpc) is 3.30. The summed E-state index contributed by atoms with van der Waals surface area (Å²) in [7, 11) is 1.66. The third-order valence-electron chi connectivity index (χ3n) is 4.94. The van der Waals surface area contributed by atoms with Gasteiger partial charge in [0, 0.05) is 56.9 Å². The van der Waals surface area contributed by atoms with Crippen LogP contribution < -0.4 is 10.2 Å². The zero-order chi connectivity index (χ0) is 24.0. The number of hydrogen-bond acceptors (Lipinski definition) is 5. The highest BCUT2D eigenvalue weighted by Gasteiger charge is 2.22. The van der Waals surface area contributed by atoms with E-state index in [4.69, 9.17) is 9.47 Å². The highest BCUT2D eigenvalue weighted by molar-refractivity contribution is 5.87. The number of aryl methyl sites for hydroxylation is 2. The number of carbonyl (C=O) groups is 1. The Labute approximate surface area is 193 Å². The van der Waals surface area contributed by atoms with Gasteiger partial charge in [0.2, 0.25) is 0 Å². The molecule has 0 radical (unpaired) electrons. The molecule has 0 spiro atoms. The monoisotopic (exact) mass is 453 g/mol. The predicted molar refractivity (Wildman–Crippen MR) is 126 cm³/mol. The van der Waals surface area contributed by atoms with E-state index >= 15 is 0 Å². The molecule has 1 aliphatic heterocycles. The van der Waals surface area contributed by atoms with Crippen molar-refractivity contribution >= 4 is 5.97 Å².